The van der Waals surface area contributed by atoms with Crippen molar-refractivity contribution in [3.05, 3.63) is 54.1 Å². The molecule has 51 heavy (non-hydrogen) atoms. The Labute approximate surface area is 300 Å². The van der Waals surface area contributed by atoms with Crippen molar-refractivity contribution in [1.82, 2.24) is 25.1 Å². The van der Waals surface area contributed by atoms with Crippen molar-refractivity contribution in [1.29, 1.82) is 0 Å². The second-order valence-corrected chi connectivity index (χ2v) is 17.7. The van der Waals surface area contributed by atoms with E-state index in [0.29, 0.717) is 52.7 Å². The molecular weight excluding hydrogens is 638 g/mol. The van der Waals surface area contributed by atoms with E-state index in [4.69, 9.17) is 15.7 Å². The van der Waals surface area contributed by atoms with Crippen LogP contribution in [0.2, 0.25) is 0 Å². The lowest BCUT2D eigenvalue weighted by Crippen LogP contribution is -2.66. The number of benzene rings is 1. The summed E-state index contributed by atoms with van der Waals surface area (Å²) in [5.41, 5.74) is 10.6. The highest BCUT2D eigenvalue weighted by atomic mass is 16.4. The molecule has 5 aliphatic carbocycles. The van der Waals surface area contributed by atoms with E-state index in [2.05, 4.69) is 32.4 Å². The summed E-state index contributed by atoms with van der Waals surface area (Å²) in [7, 11) is 0. The molecule has 8 bridgehead atoms. The van der Waals surface area contributed by atoms with Crippen LogP contribution in [0.25, 0.3) is 11.3 Å². The van der Waals surface area contributed by atoms with E-state index in [-0.39, 0.29) is 11.2 Å². The molecule has 5 saturated carbocycles. The van der Waals surface area contributed by atoms with Crippen LogP contribution in [0.5, 0.6) is 5.75 Å². The zero-order chi connectivity index (χ0) is 34.5. The molecule has 1 aromatic carbocycles. The van der Waals surface area contributed by atoms with Gasteiger partial charge in [0.25, 0.3) is 0 Å². The quantitative estimate of drug-likeness (QED) is 0.239. The molecule has 4 N–H and O–H groups in total. The van der Waals surface area contributed by atoms with E-state index in [1.165, 1.54) is 76.4 Å². The number of rotatable bonds is 9. The predicted molar refractivity (Wildman–Crippen MR) is 194 cm³/mol. The third kappa shape index (κ3) is 5.01. The summed E-state index contributed by atoms with van der Waals surface area (Å²) in [4.78, 5) is 26.5. The number of nitrogens with two attached hydrogens (primary N) is 1. The maximum absolute atomic E-state index is 11.3. The highest BCUT2D eigenvalue weighted by molar-refractivity contribution is 5.74. The number of carboxylic acid groups (broad SMARTS) is 1. The summed E-state index contributed by atoms with van der Waals surface area (Å²) in [5.74, 6) is 5.84. The first-order valence-electron chi connectivity index (χ1n) is 19.7. The maximum atomic E-state index is 11.3. The summed E-state index contributed by atoms with van der Waals surface area (Å²) in [6, 6.07) is 9.95. The first kappa shape index (κ1) is 31.9. The van der Waals surface area contributed by atoms with Gasteiger partial charge in [0.1, 0.15) is 11.6 Å². The van der Waals surface area contributed by atoms with Crippen molar-refractivity contribution in [2.45, 2.75) is 89.0 Å². The van der Waals surface area contributed by atoms with Crippen LogP contribution in [0.3, 0.4) is 0 Å². The Balaban J connectivity index is 0.750. The molecule has 14 rings (SSSR count). The van der Waals surface area contributed by atoms with Gasteiger partial charge in [-0.25, -0.2) is 9.97 Å². The number of hydrogen-bond donors (Lipinski definition) is 3. The van der Waals surface area contributed by atoms with Gasteiger partial charge in [-0.15, -0.1) is 10.2 Å². The van der Waals surface area contributed by atoms with Gasteiger partial charge in [-0.3, -0.25) is 4.79 Å². The second-order valence-electron chi connectivity index (χ2n) is 17.7. The molecule has 10 nitrogen and oxygen atoms in total. The largest absolute Gasteiger partial charge is 0.507 e. The molecule has 10 heteroatoms. The molecule has 6 saturated heterocycles. The number of phenols is 1. The molecule has 8 atom stereocenters. The fraction of sp³-hybridized carbons (Fsp3) is 0.634. The molecule has 268 valence electrons. The molecule has 6 aliphatic heterocycles. The highest BCUT2D eigenvalue weighted by Crippen LogP contribution is 2.72. The lowest BCUT2D eigenvalue weighted by atomic mass is 9.36. The predicted octanol–water partition coefficient (Wildman–Crippen LogP) is 6.17. The van der Waals surface area contributed by atoms with Crippen molar-refractivity contribution < 1.29 is 15.0 Å². The Morgan fingerprint density at radius 3 is 2.41 bits per heavy atom. The first-order chi connectivity index (χ1) is 24.8. The SMILES string of the molecule is Nc1nnc(-c2ccccc2O)cc1N1CC2CC3(Cc4ncc([C@H]5CC[C@H](N6CCC7CC8C(C6)CC78CCC(=O)O)CC5)cn4)C(CC23)C1. The number of nitrogens with zero attached hydrogens (tertiary/aromatic N) is 6. The molecule has 3 aromatic rings. The smallest absolute Gasteiger partial charge is 0.303 e. The van der Waals surface area contributed by atoms with E-state index in [9.17, 15) is 15.0 Å². The average molecular weight is 690 g/mol. The molecule has 0 radical (unpaired) electrons. The van der Waals surface area contributed by atoms with E-state index in [1.54, 1.807) is 6.07 Å². The van der Waals surface area contributed by atoms with Crippen LogP contribution in [0.4, 0.5) is 11.5 Å². The van der Waals surface area contributed by atoms with Crippen molar-refractivity contribution >= 4 is 17.5 Å². The monoisotopic (exact) mass is 689 g/mol. The Morgan fingerprint density at radius 2 is 1.65 bits per heavy atom. The Kier molecular flexibility index (Phi) is 7.42. The Bertz CT molecular complexity index is 1820. The van der Waals surface area contributed by atoms with Gasteiger partial charge in [0, 0.05) is 56.5 Å². The van der Waals surface area contributed by atoms with Gasteiger partial charge in [-0.1, -0.05) is 12.1 Å². The van der Waals surface area contributed by atoms with Crippen molar-refractivity contribution in [3.63, 3.8) is 0 Å². The molecular formula is C41H51N7O3. The second kappa shape index (κ2) is 11.9. The fourth-order valence-corrected chi connectivity index (χ4v) is 13.0. The maximum Gasteiger partial charge on any atom is 0.303 e. The summed E-state index contributed by atoms with van der Waals surface area (Å²) in [5, 5.41) is 28.3. The normalized spacial score (nSPS) is 37.8. The van der Waals surface area contributed by atoms with Crippen LogP contribution in [-0.4, -0.2) is 73.5 Å². The molecule has 8 heterocycles. The van der Waals surface area contributed by atoms with Crippen LogP contribution < -0.4 is 10.6 Å². The van der Waals surface area contributed by atoms with Crippen molar-refractivity contribution in [3.8, 4) is 17.0 Å². The number of aromatic hydroxyl groups is 1. The number of nitrogen functional groups attached to an aromatic ring is 1. The van der Waals surface area contributed by atoms with Gasteiger partial charge in [0.2, 0.25) is 0 Å². The number of anilines is 2. The summed E-state index contributed by atoms with van der Waals surface area (Å²) in [6.45, 7) is 4.36. The Hall–Kier alpha value is -3.79. The minimum atomic E-state index is -0.625. The third-order valence-corrected chi connectivity index (χ3v) is 15.8. The van der Waals surface area contributed by atoms with Crippen LogP contribution >= 0.6 is 0 Å². The van der Waals surface area contributed by atoms with Crippen LogP contribution in [-0.2, 0) is 11.2 Å². The zero-order valence-corrected chi connectivity index (χ0v) is 29.5. The van der Waals surface area contributed by atoms with Gasteiger partial charge >= 0.3 is 5.97 Å². The van der Waals surface area contributed by atoms with Crippen LogP contribution in [0.15, 0.2) is 42.7 Å². The summed E-state index contributed by atoms with van der Waals surface area (Å²) in [6.07, 6.45) is 17.8. The minimum Gasteiger partial charge on any atom is -0.507 e. The van der Waals surface area contributed by atoms with Crippen molar-refractivity contribution in [2.24, 2.45) is 46.3 Å². The molecule has 0 spiro atoms. The lowest BCUT2D eigenvalue weighted by molar-refractivity contribution is -0.220. The van der Waals surface area contributed by atoms with Gasteiger partial charge in [0.15, 0.2) is 5.82 Å². The number of hydrogen-bond acceptors (Lipinski definition) is 9. The number of para-hydroxylation sites is 1. The molecule has 8 unspecified atom stereocenters. The Morgan fingerprint density at radius 1 is 0.902 bits per heavy atom. The average Bonchev–Trinajstić information content (AvgIpc) is 3.44. The number of phenolic OH excluding ortho intramolecular Hbond substituents is 1. The van der Waals surface area contributed by atoms with Crippen molar-refractivity contribution in [2.75, 3.05) is 36.8 Å². The van der Waals surface area contributed by atoms with E-state index < -0.39 is 5.97 Å². The summed E-state index contributed by atoms with van der Waals surface area (Å²) < 4.78 is 0. The standard InChI is InChI=1S/C41H51N7O3/c42-39-35(15-34(45-46-39)31-3-1-2-4-36(31)49)48-22-26-17-41(29(23-48)14-33(26)41)18-37-43-19-27(20-44-37)24-5-7-30(8-6-24)47-12-10-28-13-32-25(21-47)16-40(28,32)11-9-38(50)51/h1-4,15,19-20,24-26,28-30,32-33,49H,5-14,16-18,21-23H2,(H2,42,46)(H,50,51)/t24-,25?,26?,28?,29?,30-,32?,33?,40?,41?. The van der Waals surface area contributed by atoms with Gasteiger partial charge in [-0.05, 0) is 147 Å². The topological polar surface area (TPSA) is 142 Å². The molecule has 2 aromatic heterocycles. The number of carbonyl (C=O) groups is 1. The zero-order valence-electron chi connectivity index (χ0n) is 29.5. The molecule has 11 aliphatic rings. The lowest BCUT2D eigenvalue weighted by Gasteiger charge is -2.71. The van der Waals surface area contributed by atoms with Gasteiger partial charge in [-0.2, -0.15) is 0 Å². The minimum absolute atomic E-state index is 0.197. The number of aromatic nitrogens is 4. The first-order valence-corrected chi connectivity index (χ1v) is 19.7. The van der Waals surface area contributed by atoms with Crippen LogP contribution in [0, 0.1) is 46.3 Å². The van der Waals surface area contributed by atoms with E-state index in [0.717, 1.165) is 61.1 Å². The third-order valence-electron chi connectivity index (χ3n) is 15.8. The highest BCUT2D eigenvalue weighted by Gasteiger charge is 2.68. The molecule has 11 fully saturated rings. The molecule has 0 amide bonds. The number of aliphatic carboxylic acids is 1. The number of carboxylic acids is 1. The van der Waals surface area contributed by atoms with E-state index in [1.807, 2.05) is 24.3 Å². The van der Waals surface area contributed by atoms with Crippen LogP contribution in [0.1, 0.15) is 87.9 Å². The van der Waals surface area contributed by atoms with Gasteiger partial charge in [0.05, 0.1) is 11.4 Å². The van der Waals surface area contributed by atoms with E-state index >= 15 is 0 Å². The summed E-state index contributed by atoms with van der Waals surface area (Å²) >= 11 is 0. The fourth-order valence-electron chi connectivity index (χ4n) is 13.0. The van der Waals surface area contributed by atoms with Gasteiger partial charge < -0.3 is 25.7 Å².